The Hall–Kier alpha value is -1.76. The van der Waals surface area contributed by atoms with Crippen LogP contribution in [0.5, 0.6) is 5.75 Å². The van der Waals surface area contributed by atoms with Gasteiger partial charge < -0.3 is 4.74 Å². The summed E-state index contributed by atoms with van der Waals surface area (Å²) in [5, 5.41) is 0. The van der Waals surface area contributed by atoms with E-state index in [1.807, 2.05) is 12.1 Å². The molecule has 1 nitrogen and oxygen atoms in total. The molecule has 0 atom stereocenters. The van der Waals surface area contributed by atoms with Crippen molar-refractivity contribution in [3.63, 3.8) is 0 Å². The molecule has 0 saturated heterocycles. The molecule has 1 radical (unpaired) electrons. The van der Waals surface area contributed by atoms with Gasteiger partial charge in [0.05, 0.1) is 7.11 Å². The maximum Gasteiger partial charge on any atom is 0.118 e. The second-order valence-corrected chi connectivity index (χ2v) is 4.54. The molecule has 0 amide bonds. The summed E-state index contributed by atoms with van der Waals surface area (Å²) < 4.78 is 5.16. The van der Waals surface area contributed by atoms with E-state index in [1.54, 1.807) is 7.11 Å². The minimum Gasteiger partial charge on any atom is -0.497 e. The van der Waals surface area contributed by atoms with E-state index in [9.17, 15) is 0 Å². The van der Waals surface area contributed by atoms with Gasteiger partial charge in [-0.15, -0.1) is 0 Å². The van der Waals surface area contributed by atoms with Gasteiger partial charge in [-0.3, -0.25) is 0 Å². The van der Waals surface area contributed by atoms with Crippen LogP contribution in [-0.2, 0) is 0 Å². The molecule has 1 fully saturated rings. The van der Waals surface area contributed by atoms with Gasteiger partial charge in [0.2, 0.25) is 0 Å². The predicted molar refractivity (Wildman–Crippen MR) is 69.2 cm³/mol. The SMILES string of the molecule is COc1ccc(-c2c[c]c(C3CC3)cc2)cc1. The van der Waals surface area contributed by atoms with Gasteiger partial charge in [0.15, 0.2) is 0 Å². The maximum absolute atomic E-state index is 5.16. The first-order valence-electron chi connectivity index (χ1n) is 6.03. The first-order valence-corrected chi connectivity index (χ1v) is 6.03. The van der Waals surface area contributed by atoms with Crippen molar-refractivity contribution in [1.82, 2.24) is 0 Å². The van der Waals surface area contributed by atoms with E-state index >= 15 is 0 Å². The van der Waals surface area contributed by atoms with Gasteiger partial charge in [-0.2, -0.15) is 0 Å². The minimum absolute atomic E-state index is 0.778. The van der Waals surface area contributed by atoms with Crippen LogP contribution in [-0.4, -0.2) is 7.11 Å². The fraction of sp³-hybridized carbons (Fsp3) is 0.250. The van der Waals surface area contributed by atoms with E-state index in [2.05, 4.69) is 36.4 Å². The second kappa shape index (κ2) is 4.25. The molecule has 3 rings (SSSR count). The van der Waals surface area contributed by atoms with E-state index in [4.69, 9.17) is 4.74 Å². The van der Waals surface area contributed by atoms with Gasteiger partial charge in [-0.25, -0.2) is 0 Å². The molecule has 1 saturated carbocycles. The first-order chi connectivity index (χ1) is 8.36. The molecule has 1 aliphatic carbocycles. The Morgan fingerprint density at radius 1 is 1.00 bits per heavy atom. The van der Waals surface area contributed by atoms with Crippen LogP contribution in [0.25, 0.3) is 11.1 Å². The zero-order valence-corrected chi connectivity index (χ0v) is 9.94. The quantitative estimate of drug-likeness (QED) is 0.763. The highest BCUT2D eigenvalue weighted by molar-refractivity contribution is 5.64. The van der Waals surface area contributed by atoms with Crippen LogP contribution in [0.3, 0.4) is 0 Å². The van der Waals surface area contributed by atoms with E-state index in [-0.39, 0.29) is 0 Å². The largest absolute Gasteiger partial charge is 0.497 e. The summed E-state index contributed by atoms with van der Waals surface area (Å²) in [6.07, 6.45) is 2.66. The summed E-state index contributed by atoms with van der Waals surface area (Å²) >= 11 is 0. The maximum atomic E-state index is 5.16. The third-order valence-corrected chi connectivity index (χ3v) is 3.28. The van der Waals surface area contributed by atoms with Crippen molar-refractivity contribution in [2.24, 2.45) is 0 Å². The van der Waals surface area contributed by atoms with Crippen LogP contribution in [0.4, 0.5) is 0 Å². The standard InChI is InChI=1S/C16H15O/c1-17-16-10-8-15(9-11-16)14-6-4-13(5-7-14)12-2-3-12/h4,6-12H,2-3H2,1H3. The van der Waals surface area contributed by atoms with Gasteiger partial charge in [0.1, 0.15) is 5.75 Å². The highest BCUT2D eigenvalue weighted by Crippen LogP contribution is 2.40. The number of benzene rings is 2. The van der Waals surface area contributed by atoms with Crippen LogP contribution in [0.1, 0.15) is 24.3 Å². The molecule has 0 unspecified atom stereocenters. The van der Waals surface area contributed by atoms with Crippen molar-refractivity contribution in [3.05, 3.63) is 54.1 Å². The van der Waals surface area contributed by atoms with E-state index in [0.717, 1.165) is 11.7 Å². The molecule has 0 spiro atoms. The average Bonchev–Trinajstić information content (AvgIpc) is 3.24. The molecule has 0 N–H and O–H groups in total. The molecule has 17 heavy (non-hydrogen) atoms. The first kappa shape index (κ1) is 10.4. The van der Waals surface area contributed by atoms with Crippen molar-refractivity contribution in [2.75, 3.05) is 7.11 Å². The molecular weight excluding hydrogens is 208 g/mol. The van der Waals surface area contributed by atoms with Gasteiger partial charge >= 0.3 is 0 Å². The Morgan fingerprint density at radius 3 is 2.24 bits per heavy atom. The van der Waals surface area contributed by atoms with E-state index < -0.39 is 0 Å². The third-order valence-electron chi connectivity index (χ3n) is 3.28. The Morgan fingerprint density at radius 2 is 1.71 bits per heavy atom. The van der Waals surface area contributed by atoms with Gasteiger partial charge in [0, 0.05) is 0 Å². The lowest BCUT2D eigenvalue weighted by molar-refractivity contribution is 0.415. The van der Waals surface area contributed by atoms with Gasteiger partial charge in [0.25, 0.3) is 0 Å². The monoisotopic (exact) mass is 223 g/mol. The Kier molecular flexibility index (Phi) is 2.60. The fourth-order valence-electron chi connectivity index (χ4n) is 2.05. The molecule has 2 aromatic rings. The van der Waals surface area contributed by atoms with Crippen LogP contribution in [0.2, 0.25) is 0 Å². The van der Waals surface area contributed by atoms with Crippen LogP contribution >= 0.6 is 0 Å². The molecule has 0 heterocycles. The topological polar surface area (TPSA) is 9.23 Å². The molecule has 0 bridgehead atoms. The minimum atomic E-state index is 0.778. The van der Waals surface area contributed by atoms with E-state index in [0.29, 0.717) is 0 Å². The van der Waals surface area contributed by atoms with E-state index in [1.165, 1.54) is 29.5 Å². The normalized spacial score (nSPS) is 14.6. The van der Waals surface area contributed by atoms with Crippen molar-refractivity contribution >= 4 is 0 Å². The van der Waals surface area contributed by atoms with Gasteiger partial charge in [-0.05, 0) is 59.7 Å². The zero-order valence-electron chi connectivity index (χ0n) is 9.94. The van der Waals surface area contributed by atoms with Crippen LogP contribution in [0.15, 0.2) is 42.5 Å². The molecule has 1 heteroatoms. The zero-order chi connectivity index (χ0) is 11.7. The number of hydrogen-bond acceptors (Lipinski definition) is 1. The Balaban J connectivity index is 1.86. The van der Waals surface area contributed by atoms with Crippen LogP contribution in [0, 0.1) is 6.07 Å². The summed E-state index contributed by atoms with van der Waals surface area (Å²) in [5.74, 6) is 1.67. The summed E-state index contributed by atoms with van der Waals surface area (Å²) in [7, 11) is 1.69. The third kappa shape index (κ3) is 2.19. The number of ether oxygens (including phenoxy) is 1. The lowest BCUT2D eigenvalue weighted by atomic mass is 10.0. The Labute approximate surface area is 102 Å². The molecular formula is C16H15O. The molecule has 1 aliphatic rings. The number of rotatable bonds is 3. The lowest BCUT2D eigenvalue weighted by Gasteiger charge is -2.04. The number of methoxy groups -OCH3 is 1. The highest BCUT2D eigenvalue weighted by atomic mass is 16.5. The average molecular weight is 223 g/mol. The molecule has 0 aliphatic heterocycles. The van der Waals surface area contributed by atoms with Gasteiger partial charge in [-0.1, -0.05) is 24.3 Å². The lowest BCUT2D eigenvalue weighted by Crippen LogP contribution is -1.84. The van der Waals surface area contributed by atoms with Crippen molar-refractivity contribution in [3.8, 4) is 16.9 Å². The molecule has 2 aromatic carbocycles. The smallest absolute Gasteiger partial charge is 0.118 e. The second-order valence-electron chi connectivity index (χ2n) is 4.54. The summed E-state index contributed by atoms with van der Waals surface area (Å²) in [6.45, 7) is 0. The number of hydrogen-bond donors (Lipinski definition) is 0. The van der Waals surface area contributed by atoms with Crippen molar-refractivity contribution < 1.29 is 4.74 Å². The van der Waals surface area contributed by atoms with Crippen molar-refractivity contribution in [2.45, 2.75) is 18.8 Å². The predicted octanol–water partition coefficient (Wildman–Crippen LogP) is 4.04. The highest BCUT2D eigenvalue weighted by Gasteiger charge is 2.23. The molecule has 0 aromatic heterocycles. The molecule has 85 valence electrons. The van der Waals surface area contributed by atoms with Crippen molar-refractivity contribution in [1.29, 1.82) is 0 Å². The van der Waals surface area contributed by atoms with Crippen LogP contribution < -0.4 is 4.74 Å². The fourth-order valence-corrected chi connectivity index (χ4v) is 2.05. The summed E-state index contributed by atoms with van der Waals surface area (Å²) in [6, 6.07) is 18.0. The Bertz CT molecular complexity index is 492. The summed E-state index contributed by atoms with van der Waals surface area (Å²) in [4.78, 5) is 0. The summed E-state index contributed by atoms with van der Waals surface area (Å²) in [5.41, 5.74) is 3.80.